The maximum absolute atomic E-state index is 12.7. The molecule has 168 valence electrons. The van der Waals surface area contributed by atoms with Crippen molar-refractivity contribution in [3.05, 3.63) is 82.6 Å². The number of ether oxygens (including phenoxy) is 2. The number of hydrogen-bond donors (Lipinski definition) is 2. The van der Waals surface area contributed by atoms with Crippen LogP contribution in [0, 0.1) is 0 Å². The van der Waals surface area contributed by atoms with Crippen LogP contribution in [-0.2, 0) is 30.8 Å². The summed E-state index contributed by atoms with van der Waals surface area (Å²) in [6, 6.07) is 14.3. The zero-order chi connectivity index (χ0) is 23.1. The van der Waals surface area contributed by atoms with E-state index in [2.05, 4.69) is 10.6 Å². The van der Waals surface area contributed by atoms with E-state index in [1.54, 1.807) is 61.7 Å². The second-order valence-corrected chi connectivity index (χ2v) is 8.48. The molecule has 0 aliphatic carbocycles. The molecule has 0 saturated heterocycles. The smallest absolute Gasteiger partial charge is 0.338 e. The molecule has 9 heteroatoms. The van der Waals surface area contributed by atoms with E-state index in [1.807, 2.05) is 6.07 Å². The second kappa shape index (κ2) is 10.7. The Morgan fingerprint density at radius 1 is 1.03 bits per heavy atom. The summed E-state index contributed by atoms with van der Waals surface area (Å²) >= 11 is 0. The van der Waals surface area contributed by atoms with Gasteiger partial charge >= 0.3 is 18.0 Å². The highest BCUT2D eigenvalue weighted by Gasteiger charge is 2.34. The van der Waals surface area contributed by atoms with Crippen molar-refractivity contribution >= 4 is 28.8 Å². The normalized spacial score (nSPS) is 16.6. The minimum absolute atomic E-state index is 0.149. The molecule has 8 nitrogen and oxygen atoms in total. The summed E-state index contributed by atoms with van der Waals surface area (Å²) in [6.45, 7) is 1.50. The van der Waals surface area contributed by atoms with Crippen LogP contribution in [0.25, 0.3) is 0 Å². The van der Waals surface area contributed by atoms with Crippen molar-refractivity contribution in [3.8, 4) is 0 Å². The Morgan fingerprint density at radius 2 is 1.78 bits per heavy atom. The molecule has 1 heterocycles. The van der Waals surface area contributed by atoms with E-state index in [4.69, 9.17) is 9.47 Å². The van der Waals surface area contributed by atoms with Crippen molar-refractivity contribution in [3.63, 3.8) is 0 Å². The molecule has 0 spiro atoms. The minimum atomic E-state index is -1.05. The van der Waals surface area contributed by atoms with Gasteiger partial charge in [0.1, 0.15) is 6.61 Å². The maximum Gasteiger partial charge on any atom is 0.338 e. The molecule has 2 aromatic carbocycles. The predicted molar refractivity (Wildman–Crippen MR) is 119 cm³/mol. The number of urea groups is 1. The molecule has 0 fully saturated rings. The molecule has 2 amide bonds. The Labute approximate surface area is 188 Å². The van der Waals surface area contributed by atoms with Crippen molar-refractivity contribution in [2.45, 2.75) is 18.7 Å². The van der Waals surface area contributed by atoms with Gasteiger partial charge in [-0.3, -0.25) is 4.21 Å². The molecule has 1 aliphatic heterocycles. The topological polar surface area (TPSA) is 111 Å². The summed E-state index contributed by atoms with van der Waals surface area (Å²) in [5, 5.41) is 5.28. The fourth-order valence-corrected chi connectivity index (χ4v) is 3.97. The van der Waals surface area contributed by atoms with Crippen LogP contribution in [0.4, 0.5) is 4.79 Å². The SMILES string of the molecule is CCOC(=O)C1=C(COC(=O)c2cccc(CS(C)=O)c2)NC(=O)NC1c1ccccc1. The van der Waals surface area contributed by atoms with Crippen LogP contribution in [0.15, 0.2) is 65.9 Å². The van der Waals surface area contributed by atoms with Gasteiger partial charge in [-0.2, -0.15) is 0 Å². The number of hydrogen-bond acceptors (Lipinski definition) is 6. The Morgan fingerprint density at radius 3 is 2.47 bits per heavy atom. The highest BCUT2D eigenvalue weighted by molar-refractivity contribution is 7.83. The molecule has 0 aromatic heterocycles. The number of nitrogens with one attached hydrogen (secondary N) is 2. The third-order valence-corrected chi connectivity index (χ3v) is 5.40. The van der Waals surface area contributed by atoms with Crippen molar-refractivity contribution < 1.29 is 28.1 Å². The van der Waals surface area contributed by atoms with Crippen LogP contribution in [0.3, 0.4) is 0 Å². The summed E-state index contributed by atoms with van der Waals surface area (Å²) in [6.07, 6.45) is 1.58. The monoisotopic (exact) mass is 456 g/mol. The van der Waals surface area contributed by atoms with Gasteiger partial charge in [0, 0.05) is 22.8 Å². The van der Waals surface area contributed by atoms with Crippen molar-refractivity contribution in [1.82, 2.24) is 10.6 Å². The molecule has 0 saturated carbocycles. The lowest BCUT2D eigenvalue weighted by Gasteiger charge is -2.29. The van der Waals surface area contributed by atoms with Gasteiger partial charge in [-0.25, -0.2) is 14.4 Å². The number of rotatable bonds is 8. The largest absolute Gasteiger partial charge is 0.463 e. The van der Waals surface area contributed by atoms with Gasteiger partial charge in [0.15, 0.2) is 0 Å². The van der Waals surface area contributed by atoms with E-state index in [-0.39, 0.29) is 30.0 Å². The van der Waals surface area contributed by atoms with Gasteiger partial charge in [0.2, 0.25) is 0 Å². The number of carbonyl (C=O) groups excluding carboxylic acids is 3. The fourth-order valence-electron chi connectivity index (χ4n) is 3.32. The lowest BCUT2D eigenvalue weighted by molar-refractivity contribution is -0.139. The van der Waals surface area contributed by atoms with Gasteiger partial charge < -0.3 is 20.1 Å². The maximum atomic E-state index is 12.7. The predicted octanol–water partition coefficient (Wildman–Crippen LogP) is 2.59. The molecular formula is C23H24N2O6S. The van der Waals surface area contributed by atoms with Crippen LogP contribution in [-0.4, -0.2) is 41.6 Å². The quantitative estimate of drug-likeness (QED) is 0.591. The third-order valence-electron chi connectivity index (χ3n) is 4.66. The first-order chi connectivity index (χ1) is 15.4. The Bertz CT molecular complexity index is 1070. The van der Waals surface area contributed by atoms with E-state index in [1.165, 1.54) is 0 Å². The molecule has 2 atom stereocenters. The Balaban J connectivity index is 1.87. The van der Waals surface area contributed by atoms with Gasteiger partial charge in [0.05, 0.1) is 29.5 Å². The Hall–Kier alpha value is -3.46. The second-order valence-electron chi connectivity index (χ2n) is 7.05. The molecule has 2 unspecified atom stereocenters. The number of esters is 2. The van der Waals surface area contributed by atoms with E-state index in [0.717, 1.165) is 5.56 Å². The lowest BCUT2D eigenvalue weighted by atomic mass is 9.95. The molecule has 1 aliphatic rings. The summed E-state index contributed by atoms with van der Waals surface area (Å²) in [4.78, 5) is 37.6. The first-order valence-corrected chi connectivity index (χ1v) is 11.7. The van der Waals surface area contributed by atoms with Crippen LogP contribution in [0.5, 0.6) is 0 Å². The molecule has 0 radical (unpaired) electrons. The van der Waals surface area contributed by atoms with Crippen molar-refractivity contribution in [1.29, 1.82) is 0 Å². The van der Waals surface area contributed by atoms with E-state index in [0.29, 0.717) is 11.3 Å². The first-order valence-electron chi connectivity index (χ1n) is 9.97. The van der Waals surface area contributed by atoms with E-state index < -0.39 is 34.8 Å². The zero-order valence-electron chi connectivity index (χ0n) is 17.8. The molecule has 0 bridgehead atoms. The number of benzene rings is 2. The fraction of sp³-hybridized carbons (Fsp3) is 0.261. The summed E-state index contributed by atoms with van der Waals surface area (Å²) in [5.41, 5.74) is 2.03. The van der Waals surface area contributed by atoms with Crippen LogP contribution in [0.1, 0.15) is 34.5 Å². The molecule has 3 rings (SSSR count). The molecule has 2 N–H and O–H groups in total. The number of amides is 2. The van der Waals surface area contributed by atoms with E-state index >= 15 is 0 Å². The highest BCUT2D eigenvalue weighted by Crippen LogP contribution is 2.28. The standard InChI is InChI=1S/C23H24N2O6S/c1-3-30-22(27)19-18(24-23(28)25-20(19)16-9-5-4-6-10-16)13-31-21(26)17-11-7-8-15(12-17)14-32(2)29/h4-12,20H,3,13-14H2,1-2H3,(H2,24,25,28). The molecule has 2 aromatic rings. The van der Waals surface area contributed by atoms with Crippen LogP contribution in [0.2, 0.25) is 0 Å². The third kappa shape index (κ3) is 5.82. The van der Waals surface area contributed by atoms with E-state index in [9.17, 15) is 18.6 Å². The Kier molecular flexibility index (Phi) is 7.77. The molecular weight excluding hydrogens is 432 g/mol. The zero-order valence-corrected chi connectivity index (χ0v) is 18.6. The van der Waals surface area contributed by atoms with Gasteiger partial charge in [-0.15, -0.1) is 0 Å². The number of carbonyl (C=O) groups is 3. The van der Waals surface area contributed by atoms with Gasteiger partial charge in [-0.1, -0.05) is 42.5 Å². The van der Waals surface area contributed by atoms with Crippen molar-refractivity contribution in [2.75, 3.05) is 19.5 Å². The summed E-state index contributed by atoms with van der Waals surface area (Å²) < 4.78 is 22.0. The summed E-state index contributed by atoms with van der Waals surface area (Å²) in [5.74, 6) is -0.930. The molecule has 32 heavy (non-hydrogen) atoms. The minimum Gasteiger partial charge on any atom is -0.463 e. The van der Waals surface area contributed by atoms with Crippen LogP contribution >= 0.6 is 0 Å². The van der Waals surface area contributed by atoms with Gasteiger partial charge in [0.25, 0.3) is 0 Å². The lowest BCUT2D eigenvalue weighted by Crippen LogP contribution is -2.47. The van der Waals surface area contributed by atoms with Crippen molar-refractivity contribution in [2.24, 2.45) is 0 Å². The summed E-state index contributed by atoms with van der Waals surface area (Å²) in [7, 11) is -1.05. The highest BCUT2D eigenvalue weighted by atomic mass is 32.2. The first kappa shape index (κ1) is 23.2. The average Bonchev–Trinajstić information content (AvgIpc) is 2.77. The average molecular weight is 457 g/mol. The van der Waals surface area contributed by atoms with Crippen LogP contribution < -0.4 is 10.6 Å². The van der Waals surface area contributed by atoms with Gasteiger partial charge in [-0.05, 0) is 30.2 Å².